The maximum atomic E-state index is 9.74. The molecule has 3 unspecified atom stereocenters. The molecule has 0 amide bonds. The van der Waals surface area contributed by atoms with Crippen LogP contribution >= 0.6 is 0 Å². The van der Waals surface area contributed by atoms with E-state index in [9.17, 15) is 5.11 Å². The number of hydrogen-bond donors (Lipinski definition) is 2. The van der Waals surface area contributed by atoms with Crippen LogP contribution < -0.4 is 5.73 Å². The molecular weight excluding hydrogens is 252 g/mol. The smallest absolute Gasteiger partial charge is 0.0587 e. The van der Waals surface area contributed by atoms with Crippen molar-refractivity contribution in [3.8, 4) is 0 Å². The minimum Gasteiger partial charge on any atom is -0.395 e. The molecule has 0 radical (unpaired) electrons. The maximum absolute atomic E-state index is 9.74. The van der Waals surface area contributed by atoms with Crippen LogP contribution in [0.3, 0.4) is 0 Å². The molecule has 5 heteroatoms. The third-order valence-corrected chi connectivity index (χ3v) is 4.43. The Morgan fingerprint density at radius 2 is 2.25 bits per heavy atom. The summed E-state index contributed by atoms with van der Waals surface area (Å²) in [6, 6.07) is 0.454. The van der Waals surface area contributed by atoms with Gasteiger partial charge in [0.25, 0.3) is 0 Å². The van der Waals surface area contributed by atoms with E-state index in [0.29, 0.717) is 0 Å². The maximum Gasteiger partial charge on any atom is 0.0587 e. The zero-order valence-electron chi connectivity index (χ0n) is 12.7. The van der Waals surface area contributed by atoms with E-state index in [1.807, 2.05) is 17.9 Å². The standard InChI is InChI=1S/C15H28N4O/c1-3-14(16)15(12-9-17-18(2)10-12)19-8-6-4-5-7-13(19)11-20/h9-10,13-15,20H,3-8,11,16H2,1-2H3. The number of hydrogen-bond acceptors (Lipinski definition) is 4. The quantitative estimate of drug-likeness (QED) is 0.856. The minimum atomic E-state index is 0.0753. The third kappa shape index (κ3) is 3.40. The van der Waals surface area contributed by atoms with Gasteiger partial charge in [0.05, 0.1) is 18.8 Å². The van der Waals surface area contributed by atoms with Crippen molar-refractivity contribution in [2.75, 3.05) is 13.2 Å². The molecule has 0 bridgehead atoms. The van der Waals surface area contributed by atoms with Crippen LogP contribution in [-0.2, 0) is 7.05 Å². The Morgan fingerprint density at radius 1 is 1.45 bits per heavy atom. The fraction of sp³-hybridized carbons (Fsp3) is 0.800. The van der Waals surface area contributed by atoms with Gasteiger partial charge in [0.2, 0.25) is 0 Å². The predicted octanol–water partition coefficient (Wildman–Crippen LogP) is 1.44. The topological polar surface area (TPSA) is 67.3 Å². The van der Waals surface area contributed by atoms with E-state index in [0.717, 1.165) is 19.4 Å². The summed E-state index contributed by atoms with van der Waals surface area (Å²) in [7, 11) is 1.93. The Bertz CT molecular complexity index is 406. The number of rotatable bonds is 5. The summed E-state index contributed by atoms with van der Waals surface area (Å²) >= 11 is 0. The van der Waals surface area contributed by atoms with Crippen molar-refractivity contribution in [2.45, 2.75) is 57.2 Å². The zero-order chi connectivity index (χ0) is 14.5. The molecule has 1 fully saturated rings. The van der Waals surface area contributed by atoms with E-state index in [-0.39, 0.29) is 24.7 Å². The third-order valence-electron chi connectivity index (χ3n) is 4.43. The summed E-state index contributed by atoms with van der Waals surface area (Å²) in [5.74, 6) is 0. The number of aliphatic hydroxyl groups is 1. The molecule has 2 heterocycles. The number of aryl methyl sites for hydroxylation is 1. The second kappa shape index (κ2) is 7.20. The lowest BCUT2D eigenvalue weighted by Crippen LogP contribution is -2.47. The van der Waals surface area contributed by atoms with Gasteiger partial charge in [-0.05, 0) is 25.8 Å². The van der Waals surface area contributed by atoms with Crippen molar-refractivity contribution >= 4 is 0 Å². The molecule has 3 atom stereocenters. The lowest BCUT2D eigenvalue weighted by Gasteiger charge is -2.38. The van der Waals surface area contributed by atoms with E-state index in [1.54, 1.807) is 0 Å². The van der Waals surface area contributed by atoms with Crippen LogP contribution in [0.4, 0.5) is 0 Å². The molecule has 1 aliphatic heterocycles. The molecule has 0 aromatic carbocycles. The van der Waals surface area contributed by atoms with Gasteiger partial charge in [-0.2, -0.15) is 5.10 Å². The summed E-state index contributed by atoms with van der Waals surface area (Å²) in [4.78, 5) is 2.41. The molecule has 20 heavy (non-hydrogen) atoms. The van der Waals surface area contributed by atoms with Gasteiger partial charge in [-0.3, -0.25) is 9.58 Å². The predicted molar refractivity (Wildman–Crippen MR) is 80.3 cm³/mol. The highest BCUT2D eigenvalue weighted by Gasteiger charge is 2.32. The molecule has 0 spiro atoms. The first-order chi connectivity index (χ1) is 9.67. The number of aliphatic hydroxyl groups excluding tert-OH is 1. The van der Waals surface area contributed by atoms with Crippen molar-refractivity contribution in [1.29, 1.82) is 0 Å². The van der Waals surface area contributed by atoms with Gasteiger partial charge in [-0.25, -0.2) is 0 Å². The Morgan fingerprint density at radius 3 is 2.85 bits per heavy atom. The van der Waals surface area contributed by atoms with Crippen molar-refractivity contribution in [2.24, 2.45) is 12.8 Å². The Balaban J connectivity index is 2.28. The number of likely N-dealkylation sites (tertiary alicyclic amines) is 1. The SMILES string of the molecule is CCC(N)C(c1cnn(C)c1)N1CCCCCC1CO. The first kappa shape index (κ1) is 15.5. The first-order valence-electron chi connectivity index (χ1n) is 7.78. The van der Waals surface area contributed by atoms with E-state index in [2.05, 4.69) is 23.1 Å². The summed E-state index contributed by atoms with van der Waals surface area (Å²) in [6.07, 6.45) is 9.58. The second-order valence-corrected chi connectivity index (χ2v) is 5.89. The monoisotopic (exact) mass is 280 g/mol. The average Bonchev–Trinajstić information content (AvgIpc) is 2.74. The van der Waals surface area contributed by atoms with E-state index >= 15 is 0 Å². The highest BCUT2D eigenvalue weighted by Crippen LogP contribution is 2.30. The zero-order valence-corrected chi connectivity index (χ0v) is 12.7. The lowest BCUT2D eigenvalue weighted by atomic mass is 9.96. The fourth-order valence-electron chi connectivity index (χ4n) is 3.26. The van der Waals surface area contributed by atoms with E-state index in [4.69, 9.17) is 5.73 Å². The van der Waals surface area contributed by atoms with Gasteiger partial charge in [-0.1, -0.05) is 19.8 Å². The van der Waals surface area contributed by atoms with Crippen LogP contribution in [-0.4, -0.2) is 45.0 Å². The Kier molecular flexibility index (Phi) is 5.57. The first-order valence-corrected chi connectivity index (χ1v) is 7.78. The second-order valence-electron chi connectivity index (χ2n) is 5.89. The van der Waals surface area contributed by atoms with Crippen molar-refractivity contribution in [1.82, 2.24) is 14.7 Å². The average molecular weight is 280 g/mol. The lowest BCUT2D eigenvalue weighted by molar-refractivity contribution is 0.0713. The summed E-state index contributed by atoms with van der Waals surface area (Å²) in [5, 5.41) is 14.0. The molecule has 5 nitrogen and oxygen atoms in total. The Hall–Kier alpha value is -0.910. The van der Waals surface area contributed by atoms with E-state index < -0.39 is 0 Å². The van der Waals surface area contributed by atoms with Gasteiger partial charge in [-0.15, -0.1) is 0 Å². The summed E-state index contributed by atoms with van der Waals surface area (Å²) < 4.78 is 1.83. The van der Waals surface area contributed by atoms with Crippen molar-refractivity contribution < 1.29 is 5.11 Å². The number of aromatic nitrogens is 2. The van der Waals surface area contributed by atoms with Crippen LogP contribution in [0.2, 0.25) is 0 Å². The molecule has 0 aliphatic carbocycles. The van der Waals surface area contributed by atoms with Crippen molar-refractivity contribution in [3.05, 3.63) is 18.0 Å². The summed E-state index contributed by atoms with van der Waals surface area (Å²) in [6.45, 7) is 3.35. The van der Waals surface area contributed by atoms with Gasteiger partial charge >= 0.3 is 0 Å². The highest BCUT2D eigenvalue weighted by atomic mass is 16.3. The van der Waals surface area contributed by atoms with Crippen LogP contribution in [0, 0.1) is 0 Å². The Labute approximate surface area is 121 Å². The molecule has 1 aromatic rings. The van der Waals surface area contributed by atoms with Gasteiger partial charge in [0.15, 0.2) is 0 Å². The molecule has 114 valence electrons. The molecule has 1 saturated heterocycles. The molecular formula is C15H28N4O. The fourth-order valence-corrected chi connectivity index (χ4v) is 3.26. The highest BCUT2D eigenvalue weighted by molar-refractivity contribution is 5.14. The largest absolute Gasteiger partial charge is 0.395 e. The van der Waals surface area contributed by atoms with Crippen LogP contribution in [0.25, 0.3) is 0 Å². The molecule has 1 aliphatic rings. The van der Waals surface area contributed by atoms with Gasteiger partial charge in [0.1, 0.15) is 0 Å². The van der Waals surface area contributed by atoms with Crippen LogP contribution in [0.15, 0.2) is 12.4 Å². The number of nitrogens with zero attached hydrogens (tertiary/aromatic N) is 3. The molecule has 1 aromatic heterocycles. The summed E-state index contributed by atoms with van der Waals surface area (Å²) in [5.41, 5.74) is 7.57. The van der Waals surface area contributed by atoms with Crippen molar-refractivity contribution in [3.63, 3.8) is 0 Å². The normalized spacial score (nSPS) is 24.3. The minimum absolute atomic E-state index is 0.0753. The molecule has 2 rings (SSSR count). The van der Waals surface area contributed by atoms with Crippen LogP contribution in [0.5, 0.6) is 0 Å². The van der Waals surface area contributed by atoms with Gasteiger partial charge < -0.3 is 10.8 Å². The molecule has 0 saturated carbocycles. The number of nitrogens with two attached hydrogens (primary N) is 1. The van der Waals surface area contributed by atoms with E-state index in [1.165, 1.54) is 24.8 Å². The molecule has 3 N–H and O–H groups in total. The van der Waals surface area contributed by atoms with Gasteiger partial charge in [0, 0.05) is 30.9 Å². The van der Waals surface area contributed by atoms with Crippen LogP contribution in [0.1, 0.15) is 50.6 Å².